The van der Waals surface area contributed by atoms with E-state index in [0.29, 0.717) is 16.9 Å². The molecule has 3 fully saturated rings. The van der Waals surface area contributed by atoms with Crippen LogP contribution in [0.1, 0.15) is 105 Å². The van der Waals surface area contributed by atoms with Crippen molar-refractivity contribution in [3.8, 4) is 0 Å². The number of allylic oxidation sites excluding steroid dienone is 1. The van der Waals surface area contributed by atoms with Crippen LogP contribution < -0.4 is 0 Å². The molecule has 8 atom stereocenters. The van der Waals surface area contributed by atoms with E-state index in [1.807, 2.05) is 21.0 Å². The van der Waals surface area contributed by atoms with Gasteiger partial charge < -0.3 is 9.84 Å². The Morgan fingerprint density at radius 3 is 2.60 bits per heavy atom. The van der Waals surface area contributed by atoms with Gasteiger partial charge in [0, 0.05) is 7.11 Å². The van der Waals surface area contributed by atoms with Crippen LogP contribution in [0.15, 0.2) is 11.6 Å². The van der Waals surface area contributed by atoms with E-state index in [1.165, 1.54) is 64.2 Å². The van der Waals surface area contributed by atoms with Crippen LogP contribution in [0.2, 0.25) is 0 Å². The van der Waals surface area contributed by atoms with Crippen LogP contribution in [0.4, 0.5) is 0 Å². The van der Waals surface area contributed by atoms with Crippen molar-refractivity contribution in [1.82, 2.24) is 0 Å². The molecule has 4 aliphatic rings. The minimum Gasteiger partial charge on any atom is -0.390 e. The fourth-order valence-corrected chi connectivity index (χ4v) is 8.86. The van der Waals surface area contributed by atoms with E-state index in [4.69, 9.17) is 4.74 Å². The highest BCUT2D eigenvalue weighted by atomic mass is 16.5. The highest BCUT2D eigenvalue weighted by Crippen LogP contribution is 2.67. The van der Waals surface area contributed by atoms with Gasteiger partial charge in [-0.05, 0) is 112 Å². The monoisotopic (exact) mass is 416 g/mol. The number of ether oxygens (including phenoxy) is 1. The Morgan fingerprint density at radius 2 is 1.90 bits per heavy atom. The number of hydrogen-bond acceptors (Lipinski definition) is 2. The van der Waals surface area contributed by atoms with E-state index < -0.39 is 5.60 Å². The first-order valence-corrected chi connectivity index (χ1v) is 13.0. The summed E-state index contributed by atoms with van der Waals surface area (Å²) in [5, 5.41) is 10.1. The predicted molar refractivity (Wildman–Crippen MR) is 125 cm³/mol. The van der Waals surface area contributed by atoms with Gasteiger partial charge in [-0.25, -0.2) is 0 Å². The van der Waals surface area contributed by atoms with Gasteiger partial charge in [0.25, 0.3) is 0 Å². The van der Waals surface area contributed by atoms with Gasteiger partial charge in [-0.1, -0.05) is 45.3 Å². The van der Waals surface area contributed by atoms with Gasteiger partial charge in [-0.3, -0.25) is 0 Å². The van der Waals surface area contributed by atoms with Crippen molar-refractivity contribution in [2.45, 2.75) is 117 Å². The molecular formula is C28H48O2. The van der Waals surface area contributed by atoms with Crippen LogP contribution in [-0.4, -0.2) is 23.9 Å². The van der Waals surface area contributed by atoms with Crippen LogP contribution in [-0.2, 0) is 4.74 Å². The van der Waals surface area contributed by atoms with E-state index >= 15 is 0 Å². The molecule has 0 saturated heterocycles. The Hall–Kier alpha value is -0.340. The molecule has 0 aromatic heterocycles. The number of aliphatic hydroxyl groups is 1. The molecule has 0 aromatic rings. The Kier molecular flexibility index (Phi) is 6.26. The topological polar surface area (TPSA) is 29.5 Å². The lowest BCUT2D eigenvalue weighted by Crippen LogP contribution is -2.50. The van der Waals surface area contributed by atoms with Gasteiger partial charge in [0.1, 0.15) is 0 Å². The fraction of sp³-hybridized carbons (Fsp3) is 0.929. The first-order valence-electron chi connectivity index (χ1n) is 13.0. The van der Waals surface area contributed by atoms with E-state index in [1.54, 1.807) is 5.57 Å². The fourth-order valence-electron chi connectivity index (χ4n) is 8.86. The summed E-state index contributed by atoms with van der Waals surface area (Å²) in [4.78, 5) is 0. The van der Waals surface area contributed by atoms with E-state index in [2.05, 4.69) is 26.8 Å². The van der Waals surface area contributed by atoms with E-state index in [-0.39, 0.29) is 0 Å². The first kappa shape index (κ1) is 22.8. The zero-order valence-electron chi connectivity index (χ0n) is 20.7. The van der Waals surface area contributed by atoms with Crippen LogP contribution in [0, 0.1) is 40.4 Å². The Morgan fingerprint density at radius 1 is 1.13 bits per heavy atom. The predicted octanol–water partition coefficient (Wildman–Crippen LogP) is 7.16. The molecule has 0 radical (unpaired) electrons. The minimum atomic E-state index is -0.511. The summed E-state index contributed by atoms with van der Waals surface area (Å²) in [5.74, 6) is 4.41. The molecular weight excluding hydrogens is 368 g/mol. The quantitative estimate of drug-likeness (QED) is 0.466. The molecule has 2 nitrogen and oxygen atoms in total. The maximum absolute atomic E-state index is 10.1. The van der Waals surface area contributed by atoms with Gasteiger partial charge in [0.2, 0.25) is 0 Å². The van der Waals surface area contributed by atoms with Crippen molar-refractivity contribution in [1.29, 1.82) is 0 Å². The molecule has 30 heavy (non-hydrogen) atoms. The third-order valence-corrected chi connectivity index (χ3v) is 10.6. The largest absolute Gasteiger partial charge is 0.390 e. The molecule has 3 saturated carbocycles. The van der Waals surface area contributed by atoms with Crippen molar-refractivity contribution in [2.24, 2.45) is 40.4 Å². The second kappa shape index (κ2) is 8.22. The molecule has 0 amide bonds. The highest BCUT2D eigenvalue weighted by Gasteiger charge is 2.59. The maximum atomic E-state index is 10.1. The van der Waals surface area contributed by atoms with Gasteiger partial charge in [-0.15, -0.1) is 0 Å². The molecule has 3 unspecified atom stereocenters. The average molecular weight is 417 g/mol. The van der Waals surface area contributed by atoms with Crippen LogP contribution in [0.5, 0.6) is 0 Å². The zero-order valence-corrected chi connectivity index (χ0v) is 20.7. The molecule has 172 valence electrons. The SMILES string of the molecule is CO[C@H]1CC[C@@]2(C)C(=CC[C@H]3C4CCC([C@H](C)CCCC(C)(C)O)[C@@]4(C)CCC32)C1. The van der Waals surface area contributed by atoms with Gasteiger partial charge in [0.15, 0.2) is 0 Å². The smallest absolute Gasteiger partial charge is 0.0608 e. The van der Waals surface area contributed by atoms with E-state index in [9.17, 15) is 5.11 Å². The second-order valence-corrected chi connectivity index (χ2v) is 12.8. The molecule has 0 bridgehead atoms. The summed E-state index contributed by atoms with van der Waals surface area (Å²) >= 11 is 0. The Balaban J connectivity index is 1.47. The summed E-state index contributed by atoms with van der Waals surface area (Å²) < 4.78 is 5.74. The van der Waals surface area contributed by atoms with Crippen molar-refractivity contribution in [3.63, 3.8) is 0 Å². The van der Waals surface area contributed by atoms with Crippen molar-refractivity contribution in [2.75, 3.05) is 7.11 Å². The molecule has 4 aliphatic carbocycles. The standard InChI is InChI=1S/C28H48O2/c1-19(8-7-15-26(2,3)29)23-11-12-24-22-10-9-20-18-21(30-6)13-16-27(20,4)25(22)14-17-28(23,24)5/h9,19,21-25,29H,7-8,10-18H2,1-6H3/t19-,21+,22+,23?,24?,25?,27+,28-/m1/s1. The zero-order chi connectivity index (χ0) is 21.7. The van der Waals surface area contributed by atoms with Crippen LogP contribution in [0.3, 0.4) is 0 Å². The lowest BCUT2D eigenvalue weighted by Gasteiger charge is -2.58. The number of rotatable bonds is 6. The van der Waals surface area contributed by atoms with Gasteiger partial charge in [-0.2, -0.15) is 0 Å². The molecule has 2 heteroatoms. The molecule has 0 heterocycles. The number of fused-ring (bicyclic) bond motifs is 5. The van der Waals surface area contributed by atoms with Crippen molar-refractivity contribution < 1.29 is 9.84 Å². The second-order valence-electron chi connectivity index (χ2n) is 12.8. The van der Waals surface area contributed by atoms with Crippen LogP contribution in [0.25, 0.3) is 0 Å². The third kappa shape index (κ3) is 3.94. The minimum absolute atomic E-state index is 0.440. The van der Waals surface area contributed by atoms with Crippen molar-refractivity contribution >= 4 is 0 Å². The highest BCUT2D eigenvalue weighted by molar-refractivity contribution is 5.25. The summed E-state index contributed by atoms with van der Waals surface area (Å²) in [6.07, 6.45) is 17.4. The number of methoxy groups -OCH3 is 1. The lowest BCUT2D eigenvalue weighted by molar-refractivity contribution is -0.0603. The summed E-state index contributed by atoms with van der Waals surface area (Å²) in [7, 11) is 1.90. The molecule has 0 aliphatic heterocycles. The Bertz CT molecular complexity index is 646. The number of hydrogen-bond donors (Lipinski definition) is 1. The molecule has 4 rings (SSSR count). The normalized spacial score (nSPS) is 44.6. The van der Waals surface area contributed by atoms with Gasteiger partial charge >= 0.3 is 0 Å². The van der Waals surface area contributed by atoms with Crippen LogP contribution >= 0.6 is 0 Å². The molecule has 0 aromatic carbocycles. The summed E-state index contributed by atoms with van der Waals surface area (Å²) in [6, 6.07) is 0. The van der Waals surface area contributed by atoms with Crippen molar-refractivity contribution in [3.05, 3.63) is 11.6 Å². The first-order chi connectivity index (χ1) is 14.1. The van der Waals surface area contributed by atoms with Gasteiger partial charge in [0.05, 0.1) is 11.7 Å². The van der Waals surface area contributed by atoms with E-state index in [0.717, 1.165) is 36.0 Å². The Labute approximate surface area is 186 Å². The average Bonchev–Trinajstić information content (AvgIpc) is 3.03. The lowest BCUT2D eigenvalue weighted by atomic mass is 9.47. The molecule has 1 N–H and O–H groups in total. The third-order valence-electron chi connectivity index (χ3n) is 10.6. The summed E-state index contributed by atoms with van der Waals surface area (Å²) in [6.45, 7) is 11.7. The summed E-state index contributed by atoms with van der Waals surface area (Å²) in [5.41, 5.74) is 2.21. The molecule has 0 spiro atoms. The maximum Gasteiger partial charge on any atom is 0.0608 e.